The Morgan fingerprint density at radius 2 is 2.04 bits per heavy atom. The number of fused-ring (bicyclic) bond motifs is 1. The summed E-state index contributed by atoms with van der Waals surface area (Å²) in [5.41, 5.74) is 1.59. The fraction of sp³-hybridized carbons (Fsp3) is 0.529. The highest BCUT2D eigenvalue weighted by Crippen LogP contribution is 2.26. The highest BCUT2D eigenvalue weighted by molar-refractivity contribution is 6.06. The number of urea groups is 1. The Balaban J connectivity index is 1.68. The van der Waals surface area contributed by atoms with E-state index in [0.29, 0.717) is 13.1 Å². The van der Waals surface area contributed by atoms with Gasteiger partial charge in [-0.05, 0) is 31.4 Å². The number of rotatable bonds is 5. The van der Waals surface area contributed by atoms with Crippen molar-refractivity contribution >= 4 is 17.6 Å². The summed E-state index contributed by atoms with van der Waals surface area (Å²) in [7, 11) is 1.53. The molecule has 0 saturated carbocycles. The van der Waals surface area contributed by atoms with Gasteiger partial charge >= 0.3 is 6.03 Å². The van der Waals surface area contributed by atoms with Crippen LogP contribution in [0.4, 0.5) is 10.5 Å². The summed E-state index contributed by atoms with van der Waals surface area (Å²) in [5.74, 6) is -0.213. The van der Waals surface area contributed by atoms with Gasteiger partial charge in [0.2, 0.25) is 0 Å². The number of methoxy groups -OCH3 is 1. The molecule has 124 valence electrons. The lowest BCUT2D eigenvalue weighted by molar-refractivity contribution is -0.132. The third-order valence-electron chi connectivity index (χ3n) is 4.58. The van der Waals surface area contributed by atoms with Gasteiger partial charge in [0.25, 0.3) is 5.91 Å². The molecule has 1 atom stereocenters. The minimum absolute atomic E-state index is 0.181. The molecule has 3 amide bonds. The molecule has 6 nitrogen and oxygen atoms in total. The number of amides is 3. The number of aryl methyl sites for hydroxylation is 1. The second-order valence-electron chi connectivity index (χ2n) is 6.37. The first kappa shape index (κ1) is 15.8. The molecular formula is C17H23N3O3. The maximum Gasteiger partial charge on any atom is 0.325 e. The van der Waals surface area contributed by atoms with Crippen molar-refractivity contribution in [2.24, 2.45) is 0 Å². The zero-order valence-corrected chi connectivity index (χ0v) is 13.7. The molecule has 1 fully saturated rings. The molecule has 2 heterocycles. The summed E-state index contributed by atoms with van der Waals surface area (Å²) in [5, 5.41) is 2.73. The van der Waals surface area contributed by atoms with Crippen LogP contribution < -0.4 is 10.2 Å². The van der Waals surface area contributed by atoms with Crippen LogP contribution in [0.2, 0.25) is 0 Å². The molecule has 0 spiro atoms. The molecule has 0 radical (unpaired) electrons. The van der Waals surface area contributed by atoms with Crippen LogP contribution in [0.3, 0.4) is 0 Å². The molecule has 0 bridgehead atoms. The van der Waals surface area contributed by atoms with E-state index in [9.17, 15) is 9.59 Å². The van der Waals surface area contributed by atoms with Crippen molar-refractivity contribution in [3.05, 3.63) is 29.8 Å². The minimum atomic E-state index is -0.953. The van der Waals surface area contributed by atoms with Gasteiger partial charge in [0.15, 0.2) is 0 Å². The van der Waals surface area contributed by atoms with E-state index in [2.05, 4.69) is 28.4 Å². The summed E-state index contributed by atoms with van der Waals surface area (Å²) < 4.78 is 5.06. The summed E-state index contributed by atoms with van der Waals surface area (Å²) in [6.45, 7) is 3.88. The van der Waals surface area contributed by atoms with Crippen molar-refractivity contribution in [2.45, 2.75) is 25.3 Å². The lowest BCUT2D eigenvalue weighted by atomic mass is 10.0. The smallest absolute Gasteiger partial charge is 0.325 e. The first-order chi connectivity index (χ1) is 11.0. The maximum absolute atomic E-state index is 12.5. The van der Waals surface area contributed by atoms with E-state index in [1.54, 1.807) is 6.92 Å². The molecule has 1 saturated heterocycles. The number of para-hydroxylation sites is 1. The van der Waals surface area contributed by atoms with Crippen molar-refractivity contribution < 1.29 is 14.3 Å². The summed E-state index contributed by atoms with van der Waals surface area (Å²) in [6, 6.07) is 8.00. The van der Waals surface area contributed by atoms with Gasteiger partial charge in [0.05, 0.1) is 6.61 Å². The van der Waals surface area contributed by atoms with Gasteiger partial charge in [-0.2, -0.15) is 0 Å². The standard InChI is InChI=1S/C17H23N3O3/c1-17(12-23-2)15(21)20(16(22)18-17)11-10-19-9-5-7-13-6-3-4-8-14(13)19/h3-4,6,8H,5,7,9-12H2,1-2H3,(H,18,22). The molecule has 6 heteroatoms. The number of hydrogen-bond acceptors (Lipinski definition) is 4. The zero-order valence-electron chi connectivity index (χ0n) is 13.7. The molecule has 1 aromatic carbocycles. The predicted octanol–water partition coefficient (Wildman–Crippen LogP) is 1.40. The quantitative estimate of drug-likeness (QED) is 0.834. The van der Waals surface area contributed by atoms with E-state index in [0.717, 1.165) is 19.4 Å². The van der Waals surface area contributed by atoms with Crippen LogP contribution in [0.25, 0.3) is 0 Å². The highest BCUT2D eigenvalue weighted by atomic mass is 16.5. The van der Waals surface area contributed by atoms with Crippen molar-refractivity contribution in [3.63, 3.8) is 0 Å². The third kappa shape index (κ3) is 2.91. The topological polar surface area (TPSA) is 61.9 Å². The molecule has 3 rings (SSSR count). The molecule has 0 aliphatic carbocycles. The first-order valence-corrected chi connectivity index (χ1v) is 8.01. The van der Waals surface area contributed by atoms with E-state index in [4.69, 9.17) is 4.74 Å². The monoisotopic (exact) mass is 317 g/mol. The second kappa shape index (κ2) is 6.20. The van der Waals surface area contributed by atoms with Crippen molar-refractivity contribution in [1.29, 1.82) is 0 Å². The van der Waals surface area contributed by atoms with Crippen LogP contribution >= 0.6 is 0 Å². The number of anilines is 1. The summed E-state index contributed by atoms with van der Waals surface area (Å²) in [4.78, 5) is 28.2. The van der Waals surface area contributed by atoms with Gasteiger partial charge in [0, 0.05) is 32.4 Å². The average molecular weight is 317 g/mol. The second-order valence-corrected chi connectivity index (χ2v) is 6.37. The largest absolute Gasteiger partial charge is 0.382 e. The Labute approximate surface area is 136 Å². The average Bonchev–Trinajstić information content (AvgIpc) is 2.75. The van der Waals surface area contributed by atoms with Crippen LogP contribution in [0.5, 0.6) is 0 Å². The lowest BCUT2D eigenvalue weighted by Gasteiger charge is -2.32. The van der Waals surface area contributed by atoms with Gasteiger partial charge < -0.3 is 15.0 Å². The molecule has 2 aliphatic heterocycles. The summed E-state index contributed by atoms with van der Waals surface area (Å²) in [6.07, 6.45) is 2.18. The normalized spacial score (nSPS) is 23.9. The van der Waals surface area contributed by atoms with Gasteiger partial charge in [0.1, 0.15) is 5.54 Å². The van der Waals surface area contributed by atoms with E-state index < -0.39 is 5.54 Å². The lowest BCUT2D eigenvalue weighted by Crippen LogP contribution is -2.48. The number of hydrogen-bond donors (Lipinski definition) is 1. The number of benzene rings is 1. The van der Waals surface area contributed by atoms with Crippen LogP contribution in [0.1, 0.15) is 18.9 Å². The number of carbonyl (C=O) groups is 2. The molecule has 1 unspecified atom stereocenters. The number of nitrogens with one attached hydrogen (secondary N) is 1. The molecule has 23 heavy (non-hydrogen) atoms. The van der Waals surface area contributed by atoms with Crippen LogP contribution in [-0.4, -0.2) is 55.7 Å². The molecule has 0 aromatic heterocycles. The molecular weight excluding hydrogens is 294 g/mol. The van der Waals surface area contributed by atoms with E-state index in [1.807, 2.05) is 6.07 Å². The van der Waals surface area contributed by atoms with Crippen LogP contribution in [0.15, 0.2) is 24.3 Å². The van der Waals surface area contributed by atoms with Crippen molar-refractivity contribution in [2.75, 3.05) is 38.3 Å². The highest BCUT2D eigenvalue weighted by Gasteiger charge is 2.47. The zero-order chi connectivity index (χ0) is 16.4. The predicted molar refractivity (Wildman–Crippen MR) is 87.5 cm³/mol. The van der Waals surface area contributed by atoms with E-state index in [-0.39, 0.29) is 18.5 Å². The summed E-state index contributed by atoms with van der Waals surface area (Å²) >= 11 is 0. The van der Waals surface area contributed by atoms with E-state index in [1.165, 1.54) is 23.3 Å². The molecule has 2 aliphatic rings. The van der Waals surface area contributed by atoms with E-state index >= 15 is 0 Å². The maximum atomic E-state index is 12.5. The Hall–Kier alpha value is -2.08. The number of carbonyl (C=O) groups excluding carboxylic acids is 2. The third-order valence-corrected chi connectivity index (χ3v) is 4.58. The Bertz CT molecular complexity index is 619. The molecule has 1 N–H and O–H groups in total. The minimum Gasteiger partial charge on any atom is -0.382 e. The number of nitrogens with zero attached hydrogens (tertiary/aromatic N) is 2. The van der Waals surface area contributed by atoms with Crippen LogP contribution in [0, 0.1) is 0 Å². The SMILES string of the molecule is COCC1(C)NC(=O)N(CCN2CCCc3ccccc32)C1=O. The number of ether oxygens (including phenoxy) is 1. The Morgan fingerprint density at radius 1 is 1.26 bits per heavy atom. The fourth-order valence-electron chi connectivity index (χ4n) is 3.40. The van der Waals surface area contributed by atoms with Crippen molar-refractivity contribution in [1.82, 2.24) is 10.2 Å². The van der Waals surface area contributed by atoms with Gasteiger partial charge in [-0.1, -0.05) is 18.2 Å². The van der Waals surface area contributed by atoms with Crippen molar-refractivity contribution in [3.8, 4) is 0 Å². The van der Waals surface area contributed by atoms with Gasteiger partial charge in [-0.15, -0.1) is 0 Å². The Morgan fingerprint density at radius 3 is 2.83 bits per heavy atom. The van der Waals surface area contributed by atoms with Gasteiger partial charge in [-0.3, -0.25) is 9.69 Å². The fourth-order valence-corrected chi connectivity index (χ4v) is 3.40. The van der Waals surface area contributed by atoms with Crippen LogP contribution in [-0.2, 0) is 16.0 Å². The van der Waals surface area contributed by atoms with Gasteiger partial charge in [-0.25, -0.2) is 4.79 Å². The first-order valence-electron chi connectivity index (χ1n) is 8.01. The Kier molecular flexibility index (Phi) is 4.26. The molecule has 1 aromatic rings. The number of imide groups is 1.